The molecule has 0 aliphatic heterocycles. The fraction of sp³-hybridized carbons (Fsp3) is 0.222. The van der Waals surface area contributed by atoms with Crippen LogP contribution in [-0.2, 0) is 0 Å². The Morgan fingerprint density at radius 2 is 2.13 bits per heavy atom. The summed E-state index contributed by atoms with van der Waals surface area (Å²) in [4.78, 5) is 21.6. The van der Waals surface area contributed by atoms with Crippen LogP contribution in [0.1, 0.15) is 15.9 Å². The van der Waals surface area contributed by atoms with Gasteiger partial charge in [0.25, 0.3) is 5.69 Å². The number of carbonyl (C=O) groups excluding carboxylic acids is 1. The maximum absolute atomic E-state index is 11.5. The molecule has 6 heteroatoms. The first kappa shape index (κ1) is 12.3. The van der Waals surface area contributed by atoms with Gasteiger partial charge in [-0.1, -0.05) is 15.9 Å². The second-order valence-corrected chi connectivity index (χ2v) is 4.31. The highest BCUT2D eigenvalue weighted by molar-refractivity contribution is 9.10. The van der Waals surface area contributed by atoms with E-state index in [2.05, 4.69) is 31.9 Å². The standard InChI is InChI=1S/C9H7Br2NO3/c1-5-2-6(8(13)4-10)9(11)7(3-5)12(14)15/h2-3H,4H2,1H3. The molecular formula is C9H7Br2NO3. The van der Waals surface area contributed by atoms with Gasteiger partial charge in [-0.05, 0) is 34.5 Å². The second-order valence-electron chi connectivity index (χ2n) is 2.96. The maximum Gasteiger partial charge on any atom is 0.284 e. The third-order valence-corrected chi connectivity index (χ3v) is 3.16. The van der Waals surface area contributed by atoms with Crippen molar-refractivity contribution in [3.63, 3.8) is 0 Å². The van der Waals surface area contributed by atoms with E-state index in [0.717, 1.165) is 0 Å². The molecule has 0 fully saturated rings. The zero-order chi connectivity index (χ0) is 11.6. The molecule has 0 radical (unpaired) electrons. The number of ketones is 1. The van der Waals surface area contributed by atoms with Crippen LogP contribution in [0.3, 0.4) is 0 Å². The number of nitro benzene ring substituents is 1. The molecule has 1 rings (SSSR count). The van der Waals surface area contributed by atoms with Crippen molar-refractivity contribution in [1.29, 1.82) is 0 Å². The average molecular weight is 337 g/mol. The number of rotatable bonds is 3. The van der Waals surface area contributed by atoms with Gasteiger partial charge in [-0.25, -0.2) is 0 Å². The van der Waals surface area contributed by atoms with Crippen LogP contribution in [0.4, 0.5) is 5.69 Å². The van der Waals surface area contributed by atoms with E-state index in [1.807, 2.05) is 0 Å². The molecule has 80 valence electrons. The number of Topliss-reactive ketones (excluding diaryl/α,β-unsaturated/α-hetero) is 1. The number of carbonyl (C=O) groups is 1. The molecule has 15 heavy (non-hydrogen) atoms. The fourth-order valence-corrected chi connectivity index (χ4v) is 2.05. The molecule has 0 atom stereocenters. The van der Waals surface area contributed by atoms with E-state index in [-0.39, 0.29) is 21.3 Å². The monoisotopic (exact) mass is 335 g/mol. The topological polar surface area (TPSA) is 60.2 Å². The minimum atomic E-state index is -0.512. The number of halogens is 2. The molecule has 0 unspecified atom stereocenters. The molecular weight excluding hydrogens is 330 g/mol. The van der Waals surface area contributed by atoms with Crippen molar-refractivity contribution in [3.8, 4) is 0 Å². The maximum atomic E-state index is 11.5. The lowest BCUT2D eigenvalue weighted by Gasteiger charge is -2.04. The summed E-state index contributed by atoms with van der Waals surface area (Å²) in [5, 5.41) is 10.8. The van der Waals surface area contributed by atoms with Crippen LogP contribution in [0.15, 0.2) is 16.6 Å². The van der Waals surface area contributed by atoms with E-state index in [9.17, 15) is 14.9 Å². The van der Waals surface area contributed by atoms with Crippen molar-refractivity contribution < 1.29 is 9.72 Å². The van der Waals surface area contributed by atoms with E-state index in [1.165, 1.54) is 6.07 Å². The van der Waals surface area contributed by atoms with Crippen LogP contribution in [0.2, 0.25) is 0 Å². The number of nitrogens with zero attached hydrogens (tertiary/aromatic N) is 1. The van der Waals surface area contributed by atoms with Gasteiger partial charge in [0, 0.05) is 11.6 Å². The summed E-state index contributed by atoms with van der Waals surface area (Å²) in [5.74, 6) is -0.186. The number of hydrogen-bond acceptors (Lipinski definition) is 3. The van der Waals surface area contributed by atoms with Crippen molar-refractivity contribution >= 4 is 43.3 Å². The van der Waals surface area contributed by atoms with Crippen molar-refractivity contribution in [2.45, 2.75) is 6.92 Å². The van der Waals surface area contributed by atoms with E-state index >= 15 is 0 Å². The summed E-state index contributed by atoms with van der Waals surface area (Å²) in [7, 11) is 0. The SMILES string of the molecule is Cc1cc(C(=O)CBr)c(Br)c([N+](=O)[O-])c1. The van der Waals surface area contributed by atoms with Crippen LogP contribution in [-0.4, -0.2) is 16.0 Å². The summed E-state index contributed by atoms with van der Waals surface area (Å²) < 4.78 is 0.238. The van der Waals surface area contributed by atoms with Gasteiger partial charge in [0.15, 0.2) is 5.78 Å². The Hall–Kier alpha value is -0.750. The number of aryl methyl sites for hydroxylation is 1. The summed E-state index contributed by atoms with van der Waals surface area (Å²) in [6.45, 7) is 1.71. The molecule has 0 saturated heterocycles. The van der Waals surface area contributed by atoms with Crippen LogP contribution >= 0.6 is 31.9 Å². The van der Waals surface area contributed by atoms with Crippen molar-refractivity contribution in [2.24, 2.45) is 0 Å². The normalized spacial score (nSPS) is 10.1. The second kappa shape index (κ2) is 4.85. The molecule has 1 aromatic carbocycles. The Morgan fingerprint density at radius 3 is 2.60 bits per heavy atom. The first-order valence-corrected chi connectivity index (χ1v) is 5.92. The summed E-state index contributed by atoms with van der Waals surface area (Å²) in [6, 6.07) is 3.05. The minimum absolute atomic E-state index is 0.0840. The van der Waals surface area contributed by atoms with Crippen LogP contribution in [0.5, 0.6) is 0 Å². The highest BCUT2D eigenvalue weighted by atomic mass is 79.9. The lowest BCUT2D eigenvalue weighted by atomic mass is 10.1. The first-order valence-electron chi connectivity index (χ1n) is 4.01. The molecule has 0 spiro atoms. The number of hydrogen-bond donors (Lipinski definition) is 0. The molecule has 1 aromatic rings. The Bertz CT molecular complexity index is 432. The van der Waals surface area contributed by atoms with E-state index in [1.54, 1.807) is 13.0 Å². The fourth-order valence-electron chi connectivity index (χ4n) is 1.16. The van der Waals surface area contributed by atoms with Gasteiger partial charge in [-0.15, -0.1) is 0 Å². The Morgan fingerprint density at radius 1 is 1.53 bits per heavy atom. The molecule has 0 bridgehead atoms. The molecule has 0 aliphatic carbocycles. The molecule has 4 nitrogen and oxygen atoms in total. The van der Waals surface area contributed by atoms with Gasteiger partial charge in [-0.3, -0.25) is 14.9 Å². The first-order chi connectivity index (χ1) is 6.97. The summed E-state index contributed by atoms with van der Waals surface area (Å²) in [6.07, 6.45) is 0. The number of nitro groups is 1. The van der Waals surface area contributed by atoms with Gasteiger partial charge in [0.2, 0.25) is 0 Å². The molecule has 0 aromatic heterocycles. The zero-order valence-corrected chi connectivity index (χ0v) is 11.0. The smallest absolute Gasteiger partial charge is 0.284 e. The van der Waals surface area contributed by atoms with Gasteiger partial charge < -0.3 is 0 Å². The predicted octanol–water partition coefficient (Wildman–Crippen LogP) is 3.24. The average Bonchev–Trinajstić information content (AvgIpc) is 2.19. The Labute approximate surface area is 103 Å². The summed E-state index contributed by atoms with van der Waals surface area (Å²) >= 11 is 6.11. The Kier molecular flexibility index (Phi) is 3.98. The molecule has 0 N–H and O–H groups in total. The molecule has 0 amide bonds. The third-order valence-electron chi connectivity index (χ3n) is 1.82. The lowest BCUT2D eigenvalue weighted by Crippen LogP contribution is -2.04. The van der Waals surface area contributed by atoms with Crippen LogP contribution in [0.25, 0.3) is 0 Å². The summed E-state index contributed by atoms with van der Waals surface area (Å²) in [5.41, 5.74) is 0.937. The van der Waals surface area contributed by atoms with Gasteiger partial charge in [0.05, 0.1) is 10.3 Å². The lowest BCUT2D eigenvalue weighted by molar-refractivity contribution is -0.385. The predicted molar refractivity (Wildman–Crippen MR) is 63.7 cm³/mol. The largest absolute Gasteiger partial charge is 0.293 e. The highest BCUT2D eigenvalue weighted by Crippen LogP contribution is 2.30. The van der Waals surface area contributed by atoms with Gasteiger partial charge in [-0.2, -0.15) is 0 Å². The quantitative estimate of drug-likeness (QED) is 0.368. The van der Waals surface area contributed by atoms with E-state index < -0.39 is 4.92 Å². The van der Waals surface area contributed by atoms with Crippen molar-refractivity contribution in [1.82, 2.24) is 0 Å². The van der Waals surface area contributed by atoms with E-state index in [0.29, 0.717) is 11.1 Å². The third kappa shape index (κ3) is 2.63. The van der Waals surface area contributed by atoms with Crippen LogP contribution in [0, 0.1) is 17.0 Å². The van der Waals surface area contributed by atoms with Crippen molar-refractivity contribution in [3.05, 3.63) is 37.8 Å². The molecule has 0 saturated carbocycles. The van der Waals surface area contributed by atoms with E-state index in [4.69, 9.17) is 0 Å². The zero-order valence-electron chi connectivity index (χ0n) is 7.79. The molecule has 0 aliphatic rings. The number of benzene rings is 1. The van der Waals surface area contributed by atoms with Gasteiger partial charge in [0.1, 0.15) is 4.47 Å². The number of alkyl halides is 1. The van der Waals surface area contributed by atoms with Crippen LogP contribution < -0.4 is 0 Å². The highest BCUT2D eigenvalue weighted by Gasteiger charge is 2.19. The van der Waals surface area contributed by atoms with Gasteiger partial charge >= 0.3 is 0 Å². The minimum Gasteiger partial charge on any atom is -0.293 e. The van der Waals surface area contributed by atoms with Crippen molar-refractivity contribution in [2.75, 3.05) is 5.33 Å². The Balaban J connectivity index is 3.41. The molecule has 0 heterocycles.